The van der Waals surface area contributed by atoms with Gasteiger partial charge in [-0.05, 0) is 51.1 Å². The normalized spacial score (nSPS) is 18.3. The maximum Gasteiger partial charge on any atom is 0.325 e. The first-order chi connectivity index (χ1) is 15.8. The molecule has 0 radical (unpaired) electrons. The molecule has 1 aliphatic rings. The molecule has 1 saturated heterocycles. The number of para-hydroxylation sites is 1. The van der Waals surface area contributed by atoms with Crippen molar-refractivity contribution in [3.63, 3.8) is 0 Å². The van der Waals surface area contributed by atoms with Crippen LogP contribution in [0.5, 0.6) is 0 Å². The number of urea groups is 1. The van der Waals surface area contributed by atoms with Gasteiger partial charge in [-0.25, -0.2) is 4.79 Å². The zero-order valence-electron chi connectivity index (χ0n) is 18.5. The van der Waals surface area contributed by atoms with Gasteiger partial charge in [0.2, 0.25) is 0 Å². The fourth-order valence-corrected chi connectivity index (χ4v) is 4.35. The number of benzene rings is 1. The third-order valence-corrected chi connectivity index (χ3v) is 6.26. The van der Waals surface area contributed by atoms with Crippen LogP contribution in [0.1, 0.15) is 40.2 Å². The summed E-state index contributed by atoms with van der Waals surface area (Å²) in [6.07, 6.45) is 1.60. The van der Waals surface area contributed by atoms with Crippen molar-refractivity contribution in [2.24, 2.45) is 0 Å². The Labute approximate surface area is 189 Å². The predicted octanol–water partition coefficient (Wildman–Crippen LogP) is 4.14. The minimum atomic E-state index is -1.38. The highest BCUT2D eigenvalue weighted by molar-refractivity contribution is 6.11. The van der Waals surface area contributed by atoms with Crippen molar-refractivity contribution in [2.45, 2.75) is 32.9 Å². The minimum absolute atomic E-state index is 0.314. The number of rotatable bonds is 6. The van der Waals surface area contributed by atoms with Gasteiger partial charge < -0.3 is 18.7 Å². The molecule has 33 heavy (non-hydrogen) atoms. The third-order valence-electron chi connectivity index (χ3n) is 6.26. The average molecular weight is 445 g/mol. The Morgan fingerprint density at radius 3 is 2.61 bits per heavy atom. The molecular weight excluding hydrogens is 422 g/mol. The molecule has 3 amide bonds. The van der Waals surface area contributed by atoms with E-state index in [-0.39, 0.29) is 12.3 Å². The van der Waals surface area contributed by atoms with Crippen molar-refractivity contribution in [3.8, 4) is 0 Å². The van der Waals surface area contributed by atoms with Crippen LogP contribution in [0, 0.1) is 13.8 Å². The molecule has 4 aromatic rings. The molecule has 0 spiro atoms. The highest BCUT2D eigenvalue weighted by Crippen LogP contribution is 2.33. The molecule has 3 aromatic heterocycles. The molecule has 1 aromatic carbocycles. The van der Waals surface area contributed by atoms with Crippen molar-refractivity contribution in [2.75, 3.05) is 6.54 Å². The second-order valence-electron chi connectivity index (χ2n) is 8.47. The van der Waals surface area contributed by atoms with E-state index < -0.39 is 17.5 Å². The highest BCUT2D eigenvalue weighted by atomic mass is 16.3. The van der Waals surface area contributed by atoms with E-state index in [0.717, 1.165) is 27.4 Å². The van der Waals surface area contributed by atoms with Gasteiger partial charge in [-0.2, -0.15) is 0 Å². The summed E-state index contributed by atoms with van der Waals surface area (Å²) in [6, 6.07) is 13.9. The van der Waals surface area contributed by atoms with Crippen LogP contribution in [-0.4, -0.2) is 33.7 Å². The maximum atomic E-state index is 13.3. The number of Topliss-reactive ketones (excluding diaryl/α,β-unsaturated/α-hetero) is 1. The number of carbonyl (C=O) groups is 3. The summed E-state index contributed by atoms with van der Waals surface area (Å²) in [6.45, 7) is 5.47. The van der Waals surface area contributed by atoms with Crippen LogP contribution in [0.3, 0.4) is 0 Å². The maximum absolute atomic E-state index is 13.3. The van der Waals surface area contributed by atoms with E-state index in [4.69, 9.17) is 8.83 Å². The number of hydrogen-bond donors (Lipinski definition) is 1. The van der Waals surface area contributed by atoms with E-state index in [1.54, 1.807) is 31.4 Å². The predicted molar refractivity (Wildman–Crippen MR) is 120 cm³/mol. The van der Waals surface area contributed by atoms with Crippen LogP contribution in [0.4, 0.5) is 4.79 Å². The molecule has 1 aliphatic heterocycles. The molecule has 168 valence electrons. The first-order valence-corrected chi connectivity index (χ1v) is 10.6. The lowest BCUT2D eigenvalue weighted by Gasteiger charge is -2.18. The zero-order valence-corrected chi connectivity index (χ0v) is 18.5. The number of nitrogens with one attached hydrogen (secondary N) is 1. The molecule has 5 rings (SSSR count). The van der Waals surface area contributed by atoms with Crippen molar-refractivity contribution in [1.82, 2.24) is 14.8 Å². The SMILES string of the molecule is Cc1cc(C(=O)CN2C(=O)N[C@@](C)(c3cc4ccccc4o3)C2=O)c(C)n1Cc1ccco1. The summed E-state index contributed by atoms with van der Waals surface area (Å²) in [5.41, 5.74) is 1.34. The summed E-state index contributed by atoms with van der Waals surface area (Å²) >= 11 is 0. The summed E-state index contributed by atoms with van der Waals surface area (Å²) in [5.74, 6) is 0.260. The quantitative estimate of drug-likeness (QED) is 0.355. The van der Waals surface area contributed by atoms with Crippen molar-refractivity contribution in [1.29, 1.82) is 0 Å². The monoisotopic (exact) mass is 445 g/mol. The number of aryl methyl sites for hydroxylation is 1. The average Bonchev–Trinajstić information content (AvgIpc) is 3.55. The van der Waals surface area contributed by atoms with Gasteiger partial charge in [0, 0.05) is 22.3 Å². The van der Waals surface area contributed by atoms with E-state index in [0.29, 0.717) is 23.5 Å². The van der Waals surface area contributed by atoms with E-state index >= 15 is 0 Å². The van der Waals surface area contributed by atoms with E-state index in [9.17, 15) is 14.4 Å². The largest absolute Gasteiger partial charge is 0.467 e. The third kappa shape index (κ3) is 3.34. The van der Waals surface area contributed by atoms with Gasteiger partial charge in [0.1, 0.15) is 17.1 Å². The molecule has 0 bridgehead atoms. The number of aromatic nitrogens is 1. The van der Waals surface area contributed by atoms with Crippen LogP contribution in [0.25, 0.3) is 11.0 Å². The number of ketones is 1. The van der Waals surface area contributed by atoms with E-state index in [1.807, 2.05) is 48.7 Å². The lowest BCUT2D eigenvalue weighted by Crippen LogP contribution is -2.41. The fraction of sp³-hybridized carbons (Fsp3) is 0.240. The van der Waals surface area contributed by atoms with E-state index in [1.165, 1.54) is 0 Å². The molecule has 0 aliphatic carbocycles. The van der Waals surface area contributed by atoms with Gasteiger partial charge in [-0.3, -0.25) is 14.5 Å². The Kier molecular flexibility index (Phi) is 4.74. The van der Waals surface area contributed by atoms with Crippen LogP contribution >= 0.6 is 0 Å². The number of imide groups is 1. The molecular formula is C25H23N3O5. The highest BCUT2D eigenvalue weighted by Gasteiger charge is 2.51. The standard InChI is InChI=1S/C25H23N3O5/c1-15-11-19(16(2)27(15)13-18-8-6-10-32-18)20(29)14-28-23(30)25(3,26-24(28)31)22-12-17-7-4-5-9-21(17)33-22/h4-12H,13-14H2,1-3H3,(H,26,31)/t25-/m0/s1. The fourth-order valence-electron chi connectivity index (χ4n) is 4.35. The number of amides is 3. The molecule has 8 nitrogen and oxygen atoms in total. The Balaban J connectivity index is 1.39. The van der Waals surface area contributed by atoms with Gasteiger partial charge in [0.15, 0.2) is 11.3 Å². The van der Waals surface area contributed by atoms with Gasteiger partial charge in [-0.15, -0.1) is 0 Å². The van der Waals surface area contributed by atoms with Crippen molar-refractivity contribution >= 4 is 28.7 Å². The summed E-state index contributed by atoms with van der Waals surface area (Å²) in [7, 11) is 0. The van der Waals surface area contributed by atoms with Crippen molar-refractivity contribution in [3.05, 3.63) is 83.3 Å². The summed E-state index contributed by atoms with van der Waals surface area (Å²) < 4.78 is 13.2. The molecule has 4 heterocycles. The van der Waals surface area contributed by atoms with Crippen LogP contribution < -0.4 is 5.32 Å². The van der Waals surface area contributed by atoms with Gasteiger partial charge >= 0.3 is 6.03 Å². The second kappa shape index (κ2) is 7.51. The van der Waals surface area contributed by atoms with E-state index in [2.05, 4.69) is 5.32 Å². The molecule has 0 unspecified atom stereocenters. The van der Waals surface area contributed by atoms with Gasteiger partial charge in [-0.1, -0.05) is 18.2 Å². The van der Waals surface area contributed by atoms with Crippen molar-refractivity contribution < 1.29 is 23.2 Å². The lowest BCUT2D eigenvalue weighted by molar-refractivity contribution is -0.131. The lowest BCUT2D eigenvalue weighted by atomic mass is 9.98. The Hall–Kier alpha value is -4.07. The molecule has 8 heteroatoms. The second-order valence-corrected chi connectivity index (χ2v) is 8.47. The molecule has 1 N–H and O–H groups in total. The number of fused-ring (bicyclic) bond motifs is 1. The topological polar surface area (TPSA) is 97.7 Å². The van der Waals surface area contributed by atoms with Crippen LogP contribution in [0.2, 0.25) is 0 Å². The summed E-state index contributed by atoms with van der Waals surface area (Å²) in [4.78, 5) is 40.1. The molecule has 1 fully saturated rings. The summed E-state index contributed by atoms with van der Waals surface area (Å²) in [5, 5.41) is 3.53. The first kappa shape index (κ1) is 20.8. The van der Waals surface area contributed by atoms with Gasteiger partial charge in [0.25, 0.3) is 5.91 Å². The Morgan fingerprint density at radius 2 is 1.88 bits per heavy atom. The number of furan rings is 2. The Bertz CT molecular complexity index is 1360. The smallest absolute Gasteiger partial charge is 0.325 e. The zero-order chi connectivity index (χ0) is 23.3. The first-order valence-electron chi connectivity index (χ1n) is 10.6. The van der Waals surface area contributed by atoms with Crippen LogP contribution in [-0.2, 0) is 16.9 Å². The van der Waals surface area contributed by atoms with Gasteiger partial charge in [0.05, 0.1) is 19.4 Å². The van der Waals surface area contributed by atoms with Crippen LogP contribution in [0.15, 0.2) is 63.6 Å². The molecule has 0 saturated carbocycles. The number of hydrogen-bond acceptors (Lipinski definition) is 5. The number of carbonyl (C=O) groups excluding carboxylic acids is 3. The minimum Gasteiger partial charge on any atom is -0.467 e. The molecule has 1 atom stereocenters. The Morgan fingerprint density at radius 1 is 1.09 bits per heavy atom. The number of nitrogens with zero attached hydrogens (tertiary/aromatic N) is 2.